The van der Waals surface area contributed by atoms with Gasteiger partial charge < -0.3 is 23.7 Å². The zero-order valence-electron chi connectivity index (χ0n) is 16.6. The third-order valence-electron chi connectivity index (χ3n) is 5.48. The molecule has 0 atom stereocenters. The van der Waals surface area contributed by atoms with Gasteiger partial charge in [-0.2, -0.15) is 0 Å². The van der Waals surface area contributed by atoms with Gasteiger partial charge in [-0.25, -0.2) is 0 Å². The van der Waals surface area contributed by atoms with Crippen molar-refractivity contribution < 1.29 is 23.7 Å². The monoisotopic (exact) mass is 409 g/mol. The third kappa shape index (κ3) is 3.68. The van der Waals surface area contributed by atoms with E-state index >= 15 is 0 Å². The highest BCUT2D eigenvalue weighted by Gasteiger charge is 2.17. The molecule has 1 aromatic heterocycles. The van der Waals surface area contributed by atoms with E-state index in [1.54, 1.807) is 18.2 Å². The molecule has 2 aromatic carbocycles. The SMILES string of the molecule is O=c1cc(-c2ccc3c(c2)OCCO3)oc2cc(OCCN3CCCC3)cc(O)c12. The van der Waals surface area contributed by atoms with Gasteiger partial charge in [0.25, 0.3) is 0 Å². The fraction of sp³-hybridized carbons (Fsp3) is 0.348. The quantitative estimate of drug-likeness (QED) is 0.692. The number of likely N-dealkylation sites (tertiary alicyclic amines) is 1. The Balaban J connectivity index is 1.45. The lowest BCUT2D eigenvalue weighted by Gasteiger charge is -2.18. The summed E-state index contributed by atoms with van der Waals surface area (Å²) in [4.78, 5) is 15.0. The Morgan fingerprint density at radius 1 is 1.00 bits per heavy atom. The maximum atomic E-state index is 12.7. The topological polar surface area (TPSA) is 81.4 Å². The Morgan fingerprint density at radius 3 is 2.63 bits per heavy atom. The van der Waals surface area contributed by atoms with Crippen LogP contribution in [0, 0.1) is 0 Å². The molecular weight excluding hydrogens is 386 g/mol. The lowest BCUT2D eigenvalue weighted by molar-refractivity contribution is 0.171. The summed E-state index contributed by atoms with van der Waals surface area (Å²) in [6.45, 7) is 4.53. The molecule has 1 saturated heterocycles. The van der Waals surface area contributed by atoms with Crippen molar-refractivity contribution >= 4 is 11.0 Å². The second kappa shape index (κ2) is 7.91. The number of rotatable bonds is 5. The van der Waals surface area contributed by atoms with Crippen LogP contribution >= 0.6 is 0 Å². The molecule has 7 nitrogen and oxygen atoms in total. The molecule has 0 spiro atoms. The van der Waals surface area contributed by atoms with Gasteiger partial charge in [-0.15, -0.1) is 0 Å². The maximum absolute atomic E-state index is 12.7. The Morgan fingerprint density at radius 2 is 1.80 bits per heavy atom. The fourth-order valence-corrected chi connectivity index (χ4v) is 3.96. The van der Waals surface area contributed by atoms with Crippen LogP contribution in [-0.4, -0.2) is 49.5 Å². The van der Waals surface area contributed by atoms with Crippen molar-refractivity contribution in [3.63, 3.8) is 0 Å². The molecule has 3 aromatic rings. The molecule has 3 heterocycles. The molecule has 0 unspecified atom stereocenters. The Kier molecular flexibility index (Phi) is 4.96. The summed E-state index contributed by atoms with van der Waals surface area (Å²) >= 11 is 0. The smallest absolute Gasteiger partial charge is 0.197 e. The van der Waals surface area contributed by atoms with E-state index in [9.17, 15) is 9.90 Å². The molecule has 2 aliphatic rings. The van der Waals surface area contributed by atoms with E-state index in [-0.39, 0.29) is 22.1 Å². The molecule has 0 bridgehead atoms. The largest absolute Gasteiger partial charge is 0.507 e. The molecule has 5 rings (SSSR count). The minimum Gasteiger partial charge on any atom is -0.507 e. The van der Waals surface area contributed by atoms with E-state index in [1.165, 1.54) is 25.0 Å². The summed E-state index contributed by atoms with van der Waals surface area (Å²) < 4.78 is 23.0. The molecule has 30 heavy (non-hydrogen) atoms. The van der Waals surface area contributed by atoms with E-state index in [0.717, 1.165) is 19.6 Å². The molecule has 0 amide bonds. The first-order valence-corrected chi connectivity index (χ1v) is 10.2. The van der Waals surface area contributed by atoms with Gasteiger partial charge in [0, 0.05) is 30.3 Å². The summed E-state index contributed by atoms with van der Waals surface area (Å²) in [6.07, 6.45) is 2.45. The molecule has 0 radical (unpaired) electrons. The Labute approximate surface area is 173 Å². The average Bonchev–Trinajstić information content (AvgIpc) is 3.26. The zero-order chi connectivity index (χ0) is 20.5. The van der Waals surface area contributed by atoms with Crippen LogP contribution in [0.3, 0.4) is 0 Å². The molecule has 156 valence electrons. The molecule has 1 fully saturated rings. The van der Waals surface area contributed by atoms with Crippen LogP contribution in [0.15, 0.2) is 45.6 Å². The number of phenolic OH excluding ortho intramolecular Hbond substituents is 1. The summed E-state index contributed by atoms with van der Waals surface area (Å²) in [5, 5.41) is 10.5. The first-order valence-electron chi connectivity index (χ1n) is 10.2. The minimum atomic E-state index is -0.317. The molecule has 0 aliphatic carbocycles. The van der Waals surface area contributed by atoms with Crippen molar-refractivity contribution in [1.29, 1.82) is 0 Å². The molecular formula is C23H23NO6. The highest BCUT2D eigenvalue weighted by molar-refractivity contribution is 5.86. The average molecular weight is 409 g/mol. The van der Waals surface area contributed by atoms with Crippen molar-refractivity contribution in [1.82, 2.24) is 4.90 Å². The first kappa shape index (κ1) is 18.8. The lowest BCUT2D eigenvalue weighted by atomic mass is 10.1. The van der Waals surface area contributed by atoms with Gasteiger partial charge in [0.1, 0.15) is 48.0 Å². The first-order chi connectivity index (χ1) is 14.7. The van der Waals surface area contributed by atoms with Crippen LogP contribution < -0.4 is 19.6 Å². The number of fused-ring (bicyclic) bond motifs is 2. The third-order valence-corrected chi connectivity index (χ3v) is 5.48. The van der Waals surface area contributed by atoms with E-state index in [0.29, 0.717) is 48.4 Å². The van der Waals surface area contributed by atoms with Crippen LogP contribution in [0.25, 0.3) is 22.3 Å². The van der Waals surface area contributed by atoms with E-state index in [2.05, 4.69) is 4.90 Å². The Bertz CT molecular complexity index is 1130. The highest BCUT2D eigenvalue weighted by atomic mass is 16.6. The number of hydrogen-bond acceptors (Lipinski definition) is 7. The van der Waals surface area contributed by atoms with Crippen LogP contribution in [0.4, 0.5) is 0 Å². The predicted molar refractivity (Wildman–Crippen MR) is 112 cm³/mol. The van der Waals surface area contributed by atoms with Crippen LogP contribution in [0.5, 0.6) is 23.0 Å². The van der Waals surface area contributed by atoms with E-state index in [4.69, 9.17) is 18.6 Å². The number of hydrogen-bond donors (Lipinski definition) is 1. The van der Waals surface area contributed by atoms with Gasteiger partial charge in [0.2, 0.25) is 0 Å². The standard InChI is InChI=1S/C23H23NO6/c25-17-12-16(27-8-7-24-5-1-2-6-24)13-22-23(17)18(26)14-20(30-22)15-3-4-19-21(11-15)29-10-9-28-19/h3-4,11-14,25H,1-2,5-10H2. The Hall–Kier alpha value is -3.19. The number of nitrogens with zero attached hydrogens (tertiary/aromatic N) is 1. The second-order valence-electron chi connectivity index (χ2n) is 7.55. The lowest BCUT2D eigenvalue weighted by Crippen LogP contribution is -2.25. The summed E-state index contributed by atoms with van der Waals surface area (Å²) in [7, 11) is 0. The van der Waals surface area contributed by atoms with Crippen molar-refractivity contribution in [3.05, 3.63) is 46.6 Å². The van der Waals surface area contributed by atoms with Gasteiger partial charge in [-0.05, 0) is 44.1 Å². The highest BCUT2D eigenvalue weighted by Crippen LogP contribution is 2.36. The van der Waals surface area contributed by atoms with Crippen molar-refractivity contribution in [2.45, 2.75) is 12.8 Å². The molecule has 7 heteroatoms. The van der Waals surface area contributed by atoms with Crippen molar-refractivity contribution in [2.24, 2.45) is 0 Å². The number of phenols is 1. The van der Waals surface area contributed by atoms with Crippen LogP contribution in [0.1, 0.15) is 12.8 Å². The predicted octanol–water partition coefficient (Wildman–Crippen LogP) is 3.41. The van der Waals surface area contributed by atoms with E-state index < -0.39 is 0 Å². The van der Waals surface area contributed by atoms with Crippen LogP contribution in [-0.2, 0) is 0 Å². The van der Waals surface area contributed by atoms with Crippen molar-refractivity contribution in [2.75, 3.05) is 39.5 Å². The van der Waals surface area contributed by atoms with Gasteiger partial charge in [0.05, 0.1) is 0 Å². The summed E-state index contributed by atoms with van der Waals surface area (Å²) in [6, 6.07) is 9.89. The van der Waals surface area contributed by atoms with Gasteiger partial charge in [0.15, 0.2) is 16.9 Å². The maximum Gasteiger partial charge on any atom is 0.197 e. The number of benzene rings is 2. The van der Waals surface area contributed by atoms with Crippen LogP contribution in [0.2, 0.25) is 0 Å². The van der Waals surface area contributed by atoms with Gasteiger partial charge in [-0.3, -0.25) is 9.69 Å². The number of ether oxygens (including phenoxy) is 3. The van der Waals surface area contributed by atoms with Crippen molar-refractivity contribution in [3.8, 4) is 34.3 Å². The fourth-order valence-electron chi connectivity index (χ4n) is 3.96. The molecule has 0 saturated carbocycles. The van der Waals surface area contributed by atoms with Gasteiger partial charge in [-0.1, -0.05) is 0 Å². The minimum absolute atomic E-state index is 0.142. The second-order valence-corrected chi connectivity index (χ2v) is 7.55. The summed E-state index contributed by atoms with van der Waals surface area (Å²) in [5.41, 5.74) is 0.656. The van der Waals surface area contributed by atoms with Gasteiger partial charge >= 0.3 is 0 Å². The molecule has 2 aliphatic heterocycles. The summed E-state index contributed by atoms with van der Waals surface area (Å²) in [5.74, 6) is 1.99. The molecule has 1 N–H and O–H groups in total. The normalized spacial score (nSPS) is 16.1. The number of aromatic hydroxyl groups is 1. The van der Waals surface area contributed by atoms with E-state index in [1.807, 2.05) is 6.07 Å². The zero-order valence-corrected chi connectivity index (χ0v) is 16.6.